The molecule has 76 valence electrons. The third-order valence-electron chi connectivity index (χ3n) is 2.63. The van der Waals surface area contributed by atoms with Gasteiger partial charge in [0.15, 0.2) is 0 Å². The van der Waals surface area contributed by atoms with Crippen molar-refractivity contribution in [1.29, 1.82) is 0 Å². The second-order valence-electron chi connectivity index (χ2n) is 3.74. The maximum atomic E-state index is 3.90. The lowest BCUT2D eigenvalue weighted by molar-refractivity contribution is 0.261. The summed E-state index contributed by atoms with van der Waals surface area (Å²) in [7, 11) is 0. The average Bonchev–Trinajstić information content (AvgIpc) is 2.33. The van der Waals surface area contributed by atoms with E-state index in [-0.39, 0.29) is 0 Å². The van der Waals surface area contributed by atoms with E-state index in [0.29, 0.717) is 0 Å². The van der Waals surface area contributed by atoms with Gasteiger partial charge in [0.2, 0.25) is 0 Å². The summed E-state index contributed by atoms with van der Waals surface area (Å²) in [6.45, 7) is 15.1. The van der Waals surface area contributed by atoms with Gasteiger partial charge in [0.1, 0.15) is 0 Å². The molecule has 2 heteroatoms. The van der Waals surface area contributed by atoms with Crippen molar-refractivity contribution in [2.75, 3.05) is 39.3 Å². The van der Waals surface area contributed by atoms with Crippen LogP contribution in [0.4, 0.5) is 0 Å². The third-order valence-corrected chi connectivity index (χ3v) is 2.63. The maximum absolute atomic E-state index is 3.90. The van der Waals surface area contributed by atoms with Gasteiger partial charge in [0.25, 0.3) is 0 Å². The van der Waals surface area contributed by atoms with E-state index >= 15 is 0 Å². The first-order chi connectivity index (χ1) is 6.36. The van der Waals surface area contributed by atoms with E-state index < -0.39 is 0 Å². The minimum absolute atomic E-state index is 1.04. The van der Waals surface area contributed by atoms with Crippen molar-refractivity contribution in [3.05, 3.63) is 13.8 Å². The summed E-state index contributed by atoms with van der Waals surface area (Å²) in [6, 6.07) is 0. The quantitative estimate of drug-likeness (QED) is 0.649. The second kappa shape index (κ2) is 6.39. The fraction of sp³-hybridized carbons (Fsp3) is 0.818. The zero-order chi connectivity index (χ0) is 9.52. The SMILES string of the molecule is [CH2]CCN1CCCN(CC[CH2])CC1. The van der Waals surface area contributed by atoms with E-state index in [9.17, 15) is 0 Å². The van der Waals surface area contributed by atoms with E-state index in [4.69, 9.17) is 0 Å². The van der Waals surface area contributed by atoms with Crippen LogP contribution in [-0.4, -0.2) is 49.1 Å². The highest BCUT2D eigenvalue weighted by molar-refractivity contribution is 4.69. The minimum Gasteiger partial charge on any atom is -0.302 e. The van der Waals surface area contributed by atoms with Crippen LogP contribution in [0.5, 0.6) is 0 Å². The van der Waals surface area contributed by atoms with Crippen molar-refractivity contribution in [3.8, 4) is 0 Å². The van der Waals surface area contributed by atoms with Crippen molar-refractivity contribution >= 4 is 0 Å². The Hall–Kier alpha value is -0.0800. The first-order valence-electron chi connectivity index (χ1n) is 5.40. The zero-order valence-electron chi connectivity index (χ0n) is 8.67. The Morgan fingerprint density at radius 1 is 0.769 bits per heavy atom. The van der Waals surface area contributed by atoms with Crippen LogP contribution in [0.1, 0.15) is 19.3 Å². The number of rotatable bonds is 4. The molecule has 1 aliphatic rings. The van der Waals surface area contributed by atoms with Crippen LogP contribution in [0.15, 0.2) is 0 Å². The van der Waals surface area contributed by atoms with Crippen LogP contribution in [0.2, 0.25) is 0 Å². The molecule has 0 N–H and O–H groups in total. The molecule has 13 heavy (non-hydrogen) atoms. The molecular formula is C11H22N2. The van der Waals surface area contributed by atoms with Gasteiger partial charge in [-0.05, 0) is 45.4 Å². The second-order valence-corrected chi connectivity index (χ2v) is 3.74. The van der Waals surface area contributed by atoms with Gasteiger partial charge in [-0.2, -0.15) is 0 Å². The molecule has 1 aliphatic heterocycles. The summed E-state index contributed by atoms with van der Waals surface area (Å²) < 4.78 is 0. The Morgan fingerprint density at radius 2 is 1.23 bits per heavy atom. The molecular weight excluding hydrogens is 160 g/mol. The van der Waals surface area contributed by atoms with Gasteiger partial charge in [-0.15, -0.1) is 0 Å². The maximum Gasteiger partial charge on any atom is 0.0109 e. The average molecular weight is 182 g/mol. The highest BCUT2D eigenvalue weighted by Gasteiger charge is 2.12. The first kappa shape index (κ1) is 11.0. The molecule has 0 atom stereocenters. The van der Waals surface area contributed by atoms with Crippen molar-refractivity contribution < 1.29 is 0 Å². The Kier molecular flexibility index (Phi) is 5.40. The van der Waals surface area contributed by atoms with E-state index in [1.54, 1.807) is 0 Å². The lowest BCUT2D eigenvalue weighted by atomic mass is 10.3. The molecule has 0 amide bonds. The van der Waals surface area contributed by atoms with Crippen LogP contribution < -0.4 is 0 Å². The molecule has 0 aliphatic carbocycles. The molecule has 1 saturated heterocycles. The smallest absolute Gasteiger partial charge is 0.0109 e. The first-order valence-corrected chi connectivity index (χ1v) is 5.40. The largest absolute Gasteiger partial charge is 0.302 e. The van der Waals surface area contributed by atoms with Crippen LogP contribution in [0.25, 0.3) is 0 Å². The van der Waals surface area contributed by atoms with Gasteiger partial charge in [0.05, 0.1) is 0 Å². The van der Waals surface area contributed by atoms with Gasteiger partial charge < -0.3 is 9.80 Å². The normalized spacial score (nSPS) is 21.7. The molecule has 2 nitrogen and oxygen atoms in total. The molecule has 1 heterocycles. The van der Waals surface area contributed by atoms with E-state index in [1.807, 2.05) is 0 Å². The predicted octanol–water partition coefficient (Wildman–Crippen LogP) is 1.44. The molecule has 0 unspecified atom stereocenters. The number of hydrogen-bond acceptors (Lipinski definition) is 2. The van der Waals surface area contributed by atoms with E-state index in [0.717, 1.165) is 25.9 Å². The lowest BCUT2D eigenvalue weighted by Gasteiger charge is -2.20. The van der Waals surface area contributed by atoms with Crippen LogP contribution in [0.3, 0.4) is 0 Å². The topological polar surface area (TPSA) is 6.48 Å². The minimum atomic E-state index is 1.04. The molecule has 0 spiro atoms. The Balaban J connectivity index is 2.22. The zero-order valence-corrected chi connectivity index (χ0v) is 8.67. The van der Waals surface area contributed by atoms with E-state index in [2.05, 4.69) is 23.6 Å². The highest BCUT2D eigenvalue weighted by Crippen LogP contribution is 2.03. The van der Waals surface area contributed by atoms with Gasteiger partial charge in [-0.1, -0.05) is 13.8 Å². The number of nitrogens with zero attached hydrogens (tertiary/aromatic N) is 2. The van der Waals surface area contributed by atoms with Crippen molar-refractivity contribution in [2.24, 2.45) is 0 Å². The molecule has 0 aromatic carbocycles. The summed E-state index contributed by atoms with van der Waals surface area (Å²) >= 11 is 0. The molecule has 1 rings (SSSR count). The van der Waals surface area contributed by atoms with E-state index in [1.165, 1.54) is 32.6 Å². The van der Waals surface area contributed by atoms with Gasteiger partial charge in [-0.3, -0.25) is 0 Å². The molecule has 0 aromatic rings. The van der Waals surface area contributed by atoms with Crippen LogP contribution in [-0.2, 0) is 0 Å². The number of hydrogen-bond donors (Lipinski definition) is 0. The Labute approximate surface area is 82.9 Å². The molecule has 1 fully saturated rings. The van der Waals surface area contributed by atoms with Crippen molar-refractivity contribution in [2.45, 2.75) is 19.3 Å². The highest BCUT2D eigenvalue weighted by atomic mass is 15.2. The Bertz CT molecular complexity index is 111. The summed E-state index contributed by atoms with van der Waals surface area (Å²) in [5, 5.41) is 0. The van der Waals surface area contributed by atoms with Gasteiger partial charge in [-0.25, -0.2) is 0 Å². The molecule has 2 radical (unpaired) electrons. The molecule has 0 saturated carbocycles. The summed E-state index contributed by atoms with van der Waals surface area (Å²) in [5.74, 6) is 0. The lowest BCUT2D eigenvalue weighted by Crippen LogP contribution is -2.31. The van der Waals surface area contributed by atoms with Crippen molar-refractivity contribution in [1.82, 2.24) is 9.80 Å². The predicted molar refractivity (Wildman–Crippen MR) is 57.4 cm³/mol. The fourth-order valence-electron chi connectivity index (χ4n) is 1.92. The fourth-order valence-corrected chi connectivity index (χ4v) is 1.92. The van der Waals surface area contributed by atoms with Gasteiger partial charge in [0, 0.05) is 13.1 Å². The molecule has 0 bridgehead atoms. The van der Waals surface area contributed by atoms with Crippen molar-refractivity contribution in [3.63, 3.8) is 0 Å². The third kappa shape index (κ3) is 4.10. The monoisotopic (exact) mass is 182 g/mol. The standard InChI is InChI=1S/C11H22N2/c1-3-6-12-8-5-9-13(7-4-2)11-10-12/h1-11H2. The Morgan fingerprint density at radius 3 is 1.62 bits per heavy atom. The summed E-state index contributed by atoms with van der Waals surface area (Å²) in [4.78, 5) is 5.05. The van der Waals surface area contributed by atoms with Crippen LogP contribution in [0, 0.1) is 13.8 Å². The van der Waals surface area contributed by atoms with Gasteiger partial charge >= 0.3 is 0 Å². The molecule has 0 aromatic heterocycles. The summed E-state index contributed by atoms with van der Waals surface area (Å²) in [5.41, 5.74) is 0. The van der Waals surface area contributed by atoms with Crippen LogP contribution >= 0.6 is 0 Å². The summed E-state index contributed by atoms with van der Waals surface area (Å²) in [6.07, 6.45) is 3.38.